The van der Waals surface area contributed by atoms with Gasteiger partial charge in [0.25, 0.3) is 5.91 Å². The lowest BCUT2D eigenvalue weighted by atomic mass is 10.1. The molecule has 158 valence electrons. The predicted molar refractivity (Wildman–Crippen MR) is 117 cm³/mol. The number of piperazine rings is 1. The number of nitrogens with zero attached hydrogens (tertiary/aromatic N) is 5. The molecule has 1 aliphatic rings. The predicted octanol–water partition coefficient (Wildman–Crippen LogP) is 3.05. The van der Waals surface area contributed by atoms with Crippen molar-refractivity contribution in [1.82, 2.24) is 24.3 Å². The monoisotopic (exact) mass is 407 g/mol. The zero-order valence-electron chi connectivity index (χ0n) is 17.9. The van der Waals surface area contributed by atoms with Crippen molar-refractivity contribution >= 4 is 17.1 Å². The summed E-state index contributed by atoms with van der Waals surface area (Å²) in [7, 11) is 1.70. The molecular formula is C23H29N5O2. The van der Waals surface area contributed by atoms with E-state index in [0.717, 1.165) is 43.1 Å². The zero-order valence-corrected chi connectivity index (χ0v) is 17.9. The van der Waals surface area contributed by atoms with Crippen LogP contribution in [0.4, 0.5) is 0 Å². The molecule has 3 aromatic rings. The third kappa shape index (κ3) is 4.31. The first-order valence-electron chi connectivity index (χ1n) is 10.5. The Morgan fingerprint density at radius 3 is 2.63 bits per heavy atom. The first-order valence-corrected chi connectivity index (χ1v) is 10.5. The molecule has 30 heavy (non-hydrogen) atoms. The second-order valence-electron chi connectivity index (χ2n) is 8.24. The van der Waals surface area contributed by atoms with Gasteiger partial charge in [-0.1, -0.05) is 32.0 Å². The fourth-order valence-electron chi connectivity index (χ4n) is 3.96. The highest BCUT2D eigenvalue weighted by Gasteiger charge is 2.23. The quantitative estimate of drug-likeness (QED) is 0.628. The molecule has 0 unspecified atom stereocenters. The van der Waals surface area contributed by atoms with Crippen LogP contribution in [0.15, 0.2) is 42.9 Å². The number of rotatable bonds is 6. The number of benzene rings is 1. The molecule has 7 heteroatoms. The number of carbonyl (C=O) groups is 1. The van der Waals surface area contributed by atoms with Gasteiger partial charge in [0.2, 0.25) is 0 Å². The van der Waals surface area contributed by atoms with Crippen molar-refractivity contribution in [1.29, 1.82) is 0 Å². The summed E-state index contributed by atoms with van der Waals surface area (Å²) in [5.41, 5.74) is 3.39. The van der Waals surface area contributed by atoms with Crippen LogP contribution in [0.5, 0.6) is 5.75 Å². The smallest absolute Gasteiger partial charge is 0.255 e. The van der Waals surface area contributed by atoms with Crippen molar-refractivity contribution < 1.29 is 9.53 Å². The van der Waals surface area contributed by atoms with E-state index in [1.807, 2.05) is 40.1 Å². The summed E-state index contributed by atoms with van der Waals surface area (Å²) in [6, 6.07) is 9.96. The van der Waals surface area contributed by atoms with Crippen molar-refractivity contribution in [3.8, 4) is 5.75 Å². The fraction of sp³-hybridized carbons (Fsp3) is 0.435. The Labute approximate surface area is 177 Å². The maximum absolute atomic E-state index is 13.0. The molecule has 4 rings (SSSR count). The number of ether oxygens (including phenoxy) is 1. The number of hydrogen-bond acceptors (Lipinski definition) is 5. The van der Waals surface area contributed by atoms with Gasteiger partial charge in [0.05, 0.1) is 19.0 Å². The highest BCUT2D eigenvalue weighted by atomic mass is 16.5. The minimum absolute atomic E-state index is 0.0275. The van der Waals surface area contributed by atoms with E-state index in [4.69, 9.17) is 4.74 Å². The number of fused-ring (bicyclic) bond motifs is 1. The minimum Gasteiger partial charge on any atom is -0.496 e. The second-order valence-corrected chi connectivity index (χ2v) is 8.24. The summed E-state index contributed by atoms with van der Waals surface area (Å²) in [4.78, 5) is 26.2. The first kappa shape index (κ1) is 20.3. The molecule has 0 aliphatic carbocycles. The van der Waals surface area contributed by atoms with Gasteiger partial charge in [-0.2, -0.15) is 0 Å². The summed E-state index contributed by atoms with van der Waals surface area (Å²) in [6.07, 6.45) is 3.49. The van der Waals surface area contributed by atoms with Crippen LogP contribution in [0.3, 0.4) is 0 Å². The van der Waals surface area contributed by atoms with E-state index < -0.39 is 0 Å². The van der Waals surface area contributed by atoms with Gasteiger partial charge < -0.3 is 14.2 Å². The van der Waals surface area contributed by atoms with Crippen LogP contribution >= 0.6 is 0 Å². The van der Waals surface area contributed by atoms with Gasteiger partial charge in [0.15, 0.2) is 5.65 Å². The Kier molecular flexibility index (Phi) is 5.99. The van der Waals surface area contributed by atoms with E-state index >= 15 is 0 Å². The maximum atomic E-state index is 13.0. The number of aromatic nitrogens is 3. The molecule has 0 N–H and O–H groups in total. The number of imidazole rings is 1. The summed E-state index contributed by atoms with van der Waals surface area (Å²) < 4.78 is 7.50. The normalized spacial score (nSPS) is 15.1. The molecule has 1 saturated heterocycles. The Morgan fingerprint density at radius 2 is 1.90 bits per heavy atom. The standard InChI is InChI=1S/C23H29N5O2/c1-17(2)14-28-16-25-20-12-19(13-24-22(20)28)23(29)27-10-8-26(9-11-27)15-18-6-4-5-7-21(18)30-3/h4-7,12-13,16-17H,8-11,14-15H2,1-3H3. The molecule has 1 aliphatic heterocycles. The van der Waals surface area contributed by atoms with Crippen molar-refractivity contribution in [2.45, 2.75) is 26.9 Å². The Balaban J connectivity index is 1.39. The number of hydrogen-bond donors (Lipinski definition) is 0. The van der Waals surface area contributed by atoms with Gasteiger partial charge in [0.1, 0.15) is 11.3 Å². The molecule has 1 fully saturated rings. The molecule has 0 atom stereocenters. The zero-order chi connectivity index (χ0) is 21.1. The van der Waals surface area contributed by atoms with Crippen molar-refractivity contribution in [3.63, 3.8) is 0 Å². The third-order valence-electron chi connectivity index (χ3n) is 5.51. The van der Waals surface area contributed by atoms with Gasteiger partial charge in [0, 0.05) is 51.0 Å². The Morgan fingerprint density at radius 1 is 1.13 bits per heavy atom. The van der Waals surface area contributed by atoms with Gasteiger partial charge in [-0.25, -0.2) is 9.97 Å². The van der Waals surface area contributed by atoms with Gasteiger partial charge in [-0.05, 0) is 18.1 Å². The molecule has 1 aromatic carbocycles. The third-order valence-corrected chi connectivity index (χ3v) is 5.51. The summed E-state index contributed by atoms with van der Waals surface area (Å²) in [5.74, 6) is 1.45. The lowest BCUT2D eigenvalue weighted by Crippen LogP contribution is -2.48. The average molecular weight is 408 g/mol. The molecule has 1 amide bonds. The molecule has 0 saturated carbocycles. The number of pyridine rings is 1. The van der Waals surface area contributed by atoms with E-state index in [-0.39, 0.29) is 5.91 Å². The van der Waals surface area contributed by atoms with E-state index in [1.54, 1.807) is 13.3 Å². The highest BCUT2D eigenvalue weighted by molar-refractivity contribution is 5.96. The van der Waals surface area contributed by atoms with Crippen molar-refractivity contribution in [2.75, 3.05) is 33.3 Å². The van der Waals surface area contributed by atoms with E-state index in [0.29, 0.717) is 24.6 Å². The van der Waals surface area contributed by atoms with Crippen molar-refractivity contribution in [2.24, 2.45) is 5.92 Å². The van der Waals surface area contributed by atoms with Crippen LogP contribution in [0, 0.1) is 5.92 Å². The van der Waals surface area contributed by atoms with Gasteiger partial charge in [-0.3, -0.25) is 9.69 Å². The molecular weight excluding hydrogens is 378 g/mol. The van der Waals surface area contributed by atoms with Crippen LogP contribution < -0.4 is 4.74 Å². The summed E-state index contributed by atoms with van der Waals surface area (Å²) >= 11 is 0. The average Bonchev–Trinajstić information content (AvgIpc) is 3.15. The van der Waals surface area contributed by atoms with Gasteiger partial charge >= 0.3 is 0 Å². The maximum Gasteiger partial charge on any atom is 0.255 e. The van der Waals surface area contributed by atoms with E-state index in [1.165, 1.54) is 5.56 Å². The highest BCUT2D eigenvalue weighted by Crippen LogP contribution is 2.21. The Hall–Kier alpha value is -2.93. The second kappa shape index (κ2) is 8.83. The molecule has 3 heterocycles. The van der Waals surface area contributed by atoms with Crippen LogP contribution in [0.2, 0.25) is 0 Å². The minimum atomic E-state index is 0.0275. The molecule has 7 nitrogen and oxygen atoms in total. The summed E-state index contributed by atoms with van der Waals surface area (Å²) in [6.45, 7) is 9.10. The fourth-order valence-corrected chi connectivity index (χ4v) is 3.96. The van der Waals surface area contributed by atoms with Gasteiger partial charge in [-0.15, -0.1) is 0 Å². The molecule has 0 bridgehead atoms. The largest absolute Gasteiger partial charge is 0.496 e. The van der Waals surface area contributed by atoms with Crippen molar-refractivity contribution in [3.05, 3.63) is 54.0 Å². The molecule has 0 spiro atoms. The van der Waals surface area contributed by atoms with Crippen LogP contribution in [0.1, 0.15) is 29.8 Å². The molecule has 2 aromatic heterocycles. The van der Waals surface area contributed by atoms with Crippen LogP contribution in [-0.4, -0.2) is 63.5 Å². The number of methoxy groups -OCH3 is 1. The van der Waals surface area contributed by atoms with E-state index in [9.17, 15) is 4.79 Å². The lowest BCUT2D eigenvalue weighted by molar-refractivity contribution is 0.0627. The number of para-hydroxylation sites is 1. The summed E-state index contributed by atoms with van der Waals surface area (Å²) in [5, 5.41) is 0. The Bertz CT molecular complexity index is 1020. The van der Waals surface area contributed by atoms with Crippen LogP contribution in [0.25, 0.3) is 11.2 Å². The topological polar surface area (TPSA) is 63.5 Å². The lowest BCUT2D eigenvalue weighted by Gasteiger charge is -2.35. The molecule has 0 radical (unpaired) electrons. The number of carbonyl (C=O) groups excluding carboxylic acids is 1. The van der Waals surface area contributed by atoms with Crippen LogP contribution in [-0.2, 0) is 13.1 Å². The SMILES string of the molecule is COc1ccccc1CN1CCN(C(=O)c2cnc3c(c2)ncn3CC(C)C)CC1. The number of amides is 1. The first-order chi connectivity index (χ1) is 14.5. The van der Waals surface area contributed by atoms with E-state index in [2.05, 4.69) is 34.8 Å².